The summed E-state index contributed by atoms with van der Waals surface area (Å²) in [6.45, 7) is 3.08. The predicted molar refractivity (Wildman–Crippen MR) is 84.3 cm³/mol. The molecule has 0 heterocycles. The van der Waals surface area contributed by atoms with E-state index in [0.717, 1.165) is 12.5 Å². The Morgan fingerprint density at radius 3 is 2.57 bits per heavy atom. The summed E-state index contributed by atoms with van der Waals surface area (Å²) >= 11 is 0. The summed E-state index contributed by atoms with van der Waals surface area (Å²) in [5, 5.41) is 24.0. The van der Waals surface area contributed by atoms with Crippen LogP contribution < -0.4 is 5.32 Å². The first-order chi connectivity index (χ1) is 10.2. The van der Waals surface area contributed by atoms with Gasteiger partial charge in [-0.3, -0.25) is 0 Å². The van der Waals surface area contributed by atoms with Crippen LogP contribution in [-0.4, -0.2) is 35.0 Å². The number of benzene rings is 1. The van der Waals surface area contributed by atoms with Crippen molar-refractivity contribution in [3.8, 4) is 0 Å². The van der Waals surface area contributed by atoms with Gasteiger partial charge in [-0.2, -0.15) is 0 Å². The van der Waals surface area contributed by atoms with Gasteiger partial charge in [-0.15, -0.1) is 0 Å². The summed E-state index contributed by atoms with van der Waals surface area (Å²) < 4.78 is 0. The number of aryl methyl sites for hydroxylation is 1. The average Bonchev–Trinajstić information content (AvgIpc) is 3.08. The Bertz CT molecular complexity index is 470. The van der Waals surface area contributed by atoms with E-state index >= 15 is 0 Å². The maximum absolute atomic E-state index is 10.3. The monoisotopic (exact) mass is 289 g/mol. The van der Waals surface area contributed by atoms with E-state index in [2.05, 4.69) is 24.4 Å². The van der Waals surface area contributed by atoms with Gasteiger partial charge in [-0.05, 0) is 49.8 Å². The van der Waals surface area contributed by atoms with Crippen LogP contribution in [0.4, 0.5) is 0 Å². The fraction of sp³-hybridized carbons (Fsp3) is 0.667. The topological polar surface area (TPSA) is 52.5 Å². The molecule has 21 heavy (non-hydrogen) atoms. The van der Waals surface area contributed by atoms with Crippen LogP contribution >= 0.6 is 0 Å². The molecule has 3 N–H and O–H groups in total. The van der Waals surface area contributed by atoms with E-state index in [1.807, 2.05) is 12.1 Å². The lowest BCUT2D eigenvalue weighted by Gasteiger charge is -2.26. The highest BCUT2D eigenvalue weighted by molar-refractivity contribution is 5.32. The second kappa shape index (κ2) is 6.47. The highest BCUT2D eigenvalue weighted by Gasteiger charge is 2.42. The molecular weight excluding hydrogens is 262 g/mol. The third-order valence-corrected chi connectivity index (χ3v) is 5.40. The first-order valence-electron chi connectivity index (χ1n) is 8.32. The quantitative estimate of drug-likeness (QED) is 0.797. The van der Waals surface area contributed by atoms with Crippen LogP contribution in [0.25, 0.3) is 0 Å². The molecule has 2 aliphatic rings. The summed E-state index contributed by atoms with van der Waals surface area (Å²) in [4.78, 5) is 0. The lowest BCUT2D eigenvalue weighted by Crippen LogP contribution is -2.44. The minimum Gasteiger partial charge on any atom is -0.390 e. The third kappa shape index (κ3) is 3.15. The second-order valence-electron chi connectivity index (χ2n) is 6.84. The minimum atomic E-state index is -0.656. The molecule has 0 unspecified atom stereocenters. The van der Waals surface area contributed by atoms with E-state index in [-0.39, 0.29) is 12.0 Å². The summed E-state index contributed by atoms with van der Waals surface area (Å²) in [5.41, 5.74) is 2.51. The minimum absolute atomic E-state index is 0.0262. The van der Waals surface area contributed by atoms with Crippen molar-refractivity contribution in [2.45, 2.75) is 63.2 Å². The zero-order valence-electron chi connectivity index (χ0n) is 12.8. The van der Waals surface area contributed by atoms with Gasteiger partial charge in [0, 0.05) is 12.0 Å². The first kappa shape index (κ1) is 15.0. The van der Waals surface area contributed by atoms with Gasteiger partial charge in [0.1, 0.15) is 0 Å². The van der Waals surface area contributed by atoms with Gasteiger partial charge in [0.05, 0.1) is 12.2 Å². The highest BCUT2D eigenvalue weighted by Crippen LogP contribution is 2.37. The van der Waals surface area contributed by atoms with Crippen molar-refractivity contribution in [2.75, 3.05) is 6.54 Å². The lowest BCUT2D eigenvalue weighted by atomic mass is 9.90. The van der Waals surface area contributed by atoms with E-state index in [1.165, 1.54) is 36.8 Å². The van der Waals surface area contributed by atoms with Gasteiger partial charge in [0.25, 0.3) is 0 Å². The Morgan fingerprint density at radius 1 is 1.14 bits per heavy atom. The van der Waals surface area contributed by atoms with Crippen LogP contribution in [0.2, 0.25) is 0 Å². The molecule has 0 radical (unpaired) electrons. The molecule has 3 rings (SSSR count). The average molecular weight is 289 g/mol. The van der Waals surface area contributed by atoms with Crippen LogP contribution in [0.3, 0.4) is 0 Å². The van der Waals surface area contributed by atoms with Gasteiger partial charge in [-0.1, -0.05) is 37.1 Å². The van der Waals surface area contributed by atoms with Crippen LogP contribution in [0.15, 0.2) is 24.3 Å². The van der Waals surface area contributed by atoms with Crippen LogP contribution in [0.5, 0.6) is 0 Å². The fourth-order valence-electron chi connectivity index (χ4n) is 4.13. The summed E-state index contributed by atoms with van der Waals surface area (Å²) in [5.74, 6) is 0.949. The molecule has 0 spiro atoms. The Hall–Kier alpha value is -0.900. The molecule has 4 atom stereocenters. The largest absolute Gasteiger partial charge is 0.390 e. The molecule has 2 aliphatic carbocycles. The molecule has 3 nitrogen and oxygen atoms in total. The van der Waals surface area contributed by atoms with Gasteiger partial charge in [0.15, 0.2) is 0 Å². The van der Waals surface area contributed by atoms with E-state index in [1.54, 1.807) is 0 Å². The van der Waals surface area contributed by atoms with Crippen molar-refractivity contribution in [1.82, 2.24) is 5.32 Å². The van der Waals surface area contributed by atoms with Crippen LogP contribution in [0.1, 0.15) is 49.1 Å². The SMILES string of the molecule is Cc1ccccc1[C@H]1C[C@@H](O)[C@@H](O)[C@@H]1NCC1CCCC1. The predicted octanol–water partition coefficient (Wildman–Crippen LogP) is 2.35. The maximum atomic E-state index is 10.3. The molecule has 1 aromatic carbocycles. The maximum Gasteiger partial charge on any atom is 0.0957 e. The summed E-state index contributed by atoms with van der Waals surface area (Å²) in [6.07, 6.45) is 4.65. The van der Waals surface area contributed by atoms with Crippen molar-refractivity contribution < 1.29 is 10.2 Å². The standard InChI is InChI=1S/C18H27NO2/c1-12-6-2-5-9-14(12)15-10-16(20)18(21)17(15)19-11-13-7-3-4-8-13/h2,5-6,9,13,15-21H,3-4,7-8,10-11H2,1H3/t15-,16-,17-,18-/m1/s1. The molecule has 0 saturated heterocycles. The molecule has 0 aromatic heterocycles. The molecule has 116 valence electrons. The van der Waals surface area contributed by atoms with E-state index < -0.39 is 12.2 Å². The zero-order chi connectivity index (χ0) is 14.8. The van der Waals surface area contributed by atoms with Gasteiger partial charge in [-0.25, -0.2) is 0 Å². The number of nitrogens with one attached hydrogen (secondary N) is 1. The summed E-state index contributed by atoms with van der Waals surface area (Å²) in [6, 6.07) is 8.31. The fourth-order valence-corrected chi connectivity index (χ4v) is 4.13. The van der Waals surface area contributed by atoms with Crippen molar-refractivity contribution in [1.29, 1.82) is 0 Å². The van der Waals surface area contributed by atoms with Crippen molar-refractivity contribution >= 4 is 0 Å². The molecule has 3 heteroatoms. The van der Waals surface area contributed by atoms with Gasteiger partial charge < -0.3 is 15.5 Å². The number of rotatable bonds is 4. The first-order valence-corrected chi connectivity index (χ1v) is 8.32. The molecule has 0 bridgehead atoms. The summed E-state index contributed by atoms with van der Waals surface area (Å²) in [7, 11) is 0. The van der Waals surface area contributed by atoms with Crippen molar-refractivity contribution in [3.05, 3.63) is 35.4 Å². The Labute approximate surface area is 127 Å². The number of hydrogen-bond acceptors (Lipinski definition) is 3. The smallest absolute Gasteiger partial charge is 0.0957 e. The lowest BCUT2D eigenvalue weighted by molar-refractivity contribution is 0.0294. The zero-order valence-corrected chi connectivity index (χ0v) is 12.8. The molecular formula is C18H27NO2. The Kier molecular flexibility index (Phi) is 4.63. The Morgan fingerprint density at radius 2 is 1.86 bits per heavy atom. The second-order valence-corrected chi connectivity index (χ2v) is 6.84. The normalized spacial score (nSPS) is 33.7. The third-order valence-electron chi connectivity index (χ3n) is 5.40. The van der Waals surface area contributed by atoms with E-state index in [0.29, 0.717) is 6.42 Å². The molecule has 2 saturated carbocycles. The van der Waals surface area contributed by atoms with Crippen molar-refractivity contribution in [2.24, 2.45) is 5.92 Å². The molecule has 1 aromatic rings. The molecule has 0 aliphatic heterocycles. The van der Waals surface area contributed by atoms with Crippen LogP contribution in [0, 0.1) is 12.8 Å². The number of aliphatic hydroxyl groups excluding tert-OH is 2. The molecule has 0 amide bonds. The van der Waals surface area contributed by atoms with Gasteiger partial charge >= 0.3 is 0 Å². The Balaban J connectivity index is 1.73. The number of hydrogen-bond donors (Lipinski definition) is 3. The van der Waals surface area contributed by atoms with Gasteiger partial charge in [0.2, 0.25) is 0 Å². The van der Waals surface area contributed by atoms with Crippen molar-refractivity contribution in [3.63, 3.8) is 0 Å². The van der Waals surface area contributed by atoms with E-state index in [9.17, 15) is 10.2 Å². The highest BCUT2D eigenvalue weighted by atomic mass is 16.3. The molecule has 2 fully saturated rings. The number of aliphatic hydroxyl groups is 2. The van der Waals surface area contributed by atoms with E-state index in [4.69, 9.17) is 0 Å². The van der Waals surface area contributed by atoms with Crippen LogP contribution in [-0.2, 0) is 0 Å².